The smallest absolute Gasteiger partial charge is 0.260 e. The van der Waals surface area contributed by atoms with Crippen LogP contribution in [0.3, 0.4) is 0 Å². The highest BCUT2D eigenvalue weighted by Crippen LogP contribution is 2.43. The van der Waals surface area contributed by atoms with E-state index in [0.29, 0.717) is 43.1 Å². The van der Waals surface area contributed by atoms with E-state index in [1.165, 1.54) is 6.42 Å². The van der Waals surface area contributed by atoms with Gasteiger partial charge in [0, 0.05) is 43.4 Å². The van der Waals surface area contributed by atoms with Crippen LogP contribution < -0.4 is 15.0 Å². The number of pyridine rings is 1. The second-order valence-corrected chi connectivity index (χ2v) is 10.4. The molecule has 1 saturated carbocycles. The van der Waals surface area contributed by atoms with Gasteiger partial charge in [0.15, 0.2) is 12.4 Å². The largest absolute Gasteiger partial charge is 0.486 e. The molecule has 4 heterocycles. The molecule has 6 rings (SSSR count). The molecular weight excluding hydrogens is 432 g/mol. The van der Waals surface area contributed by atoms with Crippen molar-refractivity contribution >= 4 is 11.7 Å². The summed E-state index contributed by atoms with van der Waals surface area (Å²) in [6.07, 6.45) is 6.65. The summed E-state index contributed by atoms with van der Waals surface area (Å²) in [5, 5.41) is 0. The Morgan fingerprint density at radius 3 is 2.76 bits per heavy atom. The molecule has 0 N–H and O–H groups in total. The van der Waals surface area contributed by atoms with Crippen molar-refractivity contribution in [2.24, 2.45) is 5.92 Å². The van der Waals surface area contributed by atoms with Gasteiger partial charge in [-0.25, -0.2) is 0 Å². The zero-order chi connectivity index (χ0) is 23.3. The first kappa shape index (κ1) is 21.4. The number of benzene rings is 1. The fourth-order valence-corrected chi connectivity index (χ4v) is 6.38. The molecule has 34 heavy (non-hydrogen) atoms. The Hall–Kier alpha value is -3.09. The number of fused-ring (bicyclic) bond motifs is 5. The third-order valence-electron chi connectivity index (χ3n) is 8.02. The van der Waals surface area contributed by atoms with Crippen LogP contribution in [0.25, 0.3) is 0 Å². The molecule has 7 heteroatoms. The minimum atomic E-state index is -0.374. The Morgan fingerprint density at radius 1 is 1.06 bits per heavy atom. The van der Waals surface area contributed by atoms with Crippen molar-refractivity contribution < 1.29 is 19.1 Å². The third-order valence-corrected chi connectivity index (χ3v) is 8.02. The van der Waals surface area contributed by atoms with E-state index < -0.39 is 0 Å². The molecule has 1 amide bonds. The van der Waals surface area contributed by atoms with Crippen LogP contribution in [0.5, 0.6) is 11.5 Å². The van der Waals surface area contributed by atoms with E-state index in [0.717, 1.165) is 37.8 Å². The Morgan fingerprint density at radius 2 is 1.91 bits per heavy atom. The van der Waals surface area contributed by atoms with Gasteiger partial charge in [0.1, 0.15) is 17.1 Å². The van der Waals surface area contributed by atoms with Crippen LogP contribution in [-0.4, -0.2) is 46.5 Å². The van der Waals surface area contributed by atoms with E-state index in [1.807, 2.05) is 15.5 Å². The van der Waals surface area contributed by atoms with E-state index in [4.69, 9.17) is 9.47 Å². The number of hydrogen-bond acceptors (Lipinski definition) is 5. The van der Waals surface area contributed by atoms with Crippen molar-refractivity contribution in [1.29, 1.82) is 0 Å². The van der Waals surface area contributed by atoms with Gasteiger partial charge >= 0.3 is 0 Å². The number of likely N-dealkylation sites (tertiary alicyclic amines) is 1. The van der Waals surface area contributed by atoms with Crippen molar-refractivity contribution in [1.82, 2.24) is 9.47 Å². The zero-order valence-electron chi connectivity index (χ0n) is 19.3. The summed E-state index contributed by atoms with van der Waals surface area (Å²) >= 11 is 0. The molecule has 4 aliphatic rings. The number of ketones is 1. The topological polar surface area (TPSA) is 77.8 Å². The summed E-state index contributed by atoms with van der Waals surface area (Å²) in [4.78, 5) is 39.8. The van der Waals surface area contributed by atoms with Gasteiger partial charge in [-0.3, -0.25) is 14.4 Å². The molecule has 0 unspecified atom stereocenters. The fourth-order valence-electron chi connectivity index (χ4n) is 6.38. The highest BCUT2D eigenvalue weighted by Gasteiger charge is 2.41. The van der Waals surface area contributed by atoms with Gasteiger partial charge < -0.3 is 18.9 Å². The Balaban J connectivity index is 1.13. The Labute approximate surface area is 198 Å². The van der Waals surface area contributed by atoms with Crippen LogP contribution >= 0.6 is 0 Å². The lowest BCUT2D eigenvalue weighted by atomic mass is 9.78. The summed E-state index contributed by atoms with van der Waals surface area (Å²) in [6, 6.07) is 10.7. The first-order chi connectivity index (χ1) is 16.5. The van der Waals surface area contributed by atoms with Gasteiger partial charge in [-0.2, -0.15) is 0 Å². The lowest BCUT2D eigenvalue weighted by molar-refractivity contribution is -0.136. The number of Topliss-reactive ketones (excluding diaryl/α,β-unsaturated/α-hetero) is 1. The predicted octanol–water partition coefficient (Wildman–Crippen LogP) is 3.54. The molecule has 1 spiro atoms. The summed E-state index contributed by atoms with van der Waals surface area (Å²) in [5.41, 5.74) is 1.29. The number of hydrogen-bond donors (Lipinski definition) is 0. The molecule has 3 aliphatic heterocycles. The monoisotopic (exact) mass is 462 g/mol. The van der Waals surface area contributed by atoms with Gasteiger partial charge in [0.25, 0.3) is 11.5 Å². The Bertz CT molecular complexity index is 1200. The van der Waals surface area contributed by atoms with E-state index >= 15 is 0 Å². The minimum absolute atomic E-state index is 0.0402. The fraction of sp³-hybridized carbons (Fsp3) is 0.519. The second-order valence-electron chi connectivity index (χ2n) is 10.4. The predicted molar refractivity (Wildman–Crippen MR) is 125 cm³/mol. The van der Waals surface area contributed by atoms with Crippen LogP contribution in [-0.2, 0) is 11.3 Å². The van der Waals surface area contributed by atoms with Gasteiger partial charge in [-0.15, -0.1) is 0 Å². The number of nitrogens with zero attached hydrogens (tertiary/aromatic N) is 2. The first-order valence-electron chi connectivity index (χ1n) is 12.5. The molecule has 2 aromatic rings. The number of rotatable bonds is 3. The van der Waals surface area contributed by atoms with Gasteiger partial charge in [-0.05, 0) is 56.2 Å². The maximum Gasteiger partial charge on any atom is 0.260 e. The second kappa shape index (κ2) is 8.29. The molecule has 1 aromatic heterocycles. The summed E-state index contributed by atoms with van der Waals surface area (Å²) in [6.45, 7) is 1.85. The number of amides is 1. The number of carbonyl (C=O) groups excluding carboxylic acids is 2. The molecule has 2 bridgehead atoms. The quantitative estimate of drug-likeness (QED) is 0.697. The number of ether oxygens (including phenoxy) is 2. The lowest BCUT2D eigenvalue weighted by Crippen LogP contribution is -2.50. The molecule has 1 aliphatic carbocycles. The average Bonchev–Trinajstić information content (AvgIpc) is 2.83. The molecule has 2 atom stereocenters. The molecule has 2 fully saturated rings. The van der Waals surface area contributed by atoms with Gasteiger partial charge in [-0.1, -0.05) is 12.5 Å². The standard InChI is InChI=1S/C27H30N2O5/c30-23-13-27(9-2-1-3-10-27)34-24-12-20(7-8-21(23)24)33-17-26(32)28-14-18-11-19(16-28)22-5-4-6-25(31)29(22)15-18/h4-8,12,18-19H,1-3,9-11,13-17H2/t18-,19-/m0/s1. The molecule has 178 valence electrons. The van der Waals surface area contributed by atoms with Crippen LogP contribution in [0.4, 0.5) is 0 Å². The van der Waals surface area contributed by atoms with Crippen molar-refractivity contribution in [2.75, 3.05) is 19.7 Å². The number of carbonyl (C=O) groups is 2. The van der Waals surface area contributed by atoms with Crippen LogP contribution in [0.2, 0.25) is 0 Å². The van der Waals surface area contributed by atoms with E-state index in [9.17, 15) is 14.4 Å². The minimum Gasteiger partial charge on any atom is -0.486 e. The zero-order valence-corrected chi connectivity index (χ0v) is 19.3. The van der Waals surface area contributed by atoms with Crippen molar-refractivity contribution in [3.05, 3.63) is 58.0 Å². The molecular formula is C27H30N2O5. The lowest BCUT2D eigenvalue weighted by Gasteiger charge is -2.42. The third kappa shape index (κ3) is 3.81. The Kier molecular flexibility index (Phi) is 5.23. The van der Waals surface area contributed by atoms with E-state index in [2.05, 4.69) is 0 Å². The molecule has 1 aromatic carbocycles. The van der Waals surface area contributed by atoms with Crippen molar-refractivity contribution in [2.45, 2.75) is 63.0 Å². The maximum atomic E-state index is 13.0. The van der Waals surface area contributed by atoms with Crippen molar-refractivity contribution in [3.63, 3.8) is 0 Å². The van der Waals surface area contributed by atoms with Crippen LogP contribution in [0.1, 0.15) is 66.9 Å². The van der Waals surface area contributed by atoms with E-state index in [1.54, 1.807) is 30.3 Å². The maximum absolute atomic E-state index is 13.0. The SMILES string of the molecule is O=C1CC2(CCCCC2)Oc2cc(OCC(=O)N3C[C@@H]4C[C@@H](C3)c3cccc(=O)n3C4)ccc21. The first-order valence-corrected chi connectivity index (χ1v) is 12.5. The van der Waals surface area contributed by atoms with Crippen LogP contribution in [0, 0.1) is 5.92 Å². The number of aromatic nitrogens is 1. The highest BCUT2D eigenvalue weighted by molar-refractivity contribution is 6.00. The summed E-state index contributed by atoms with van der Waals surface area (Å²) in [5.74, 6) is 1.66. The summed E-state index contributed by atoms with van der Waals surface area (Å²) in [7, 11) is 0. The molecule has 0 radical (unpaired) electrons. The average molecular weight is 463 g/mol. The molecule has 7 nitrogen and oxygen atoms in total. The number of piperidine rings is 1. The summed E-state index contributed by atoms with van der Waals surface area (Å²) < 4.78 is 14.1. The molecule has 1 saturated heterocycles. The van der Waals surface area contributed by atoms with Gasteiger partial charge in [0.2, 0.25) is 0 Å². The highest BCUT2D eigenvalue weighted by atomic mass is 16.5. The van der Waals surface area contributed by atoms with Crippen LogP contribution in [0.15, 0.2) is 41.2 Å². The van der Waals surface area contributed by atoms with Gasteiger partial charge in [0.05, 0.1) is 12.0 Å². The van der Waals surface area contributed by atoms with Crippen molar-refractivity contribution in [3.8, 4) is 11.5 Å². The van der Waals surface area contributed by atoms with E-state index in [-0.39, 0.29) is 41.3 Å². The normalized spacial score (nSPS) is 24.7.